The normalized spacial score (nSPS) is 11.5. The second kappa shape index (κ2) is 3.03. The first kappa shape index (κ1) is 8.24. The summed E-state index contributed by atoms with van der Waals surface area (Å²) in [5.74, 6) is -1.67. The van der Waals surface area contributed by atoms with Crippen LogP contribution in [0.5, 0.6) is 0 Å². The van der Waals surface area contributed by atoms with Crippen LogP contribution in [0.25, 0.3) is 0 Å². The molecule has 0 aliphatic rings. The van der Waals surface area contributed by atoms with Gasteiger partial charge in [-0.15, -0.1) is 0 Å². The molecule has 11 heavy (non-hydrogen) atoms. The molecule has 0 aliphatic heterocycles. The predicted molar refractivity (Wildman–Crippen MR) is 42.8 cm³/mol. The summed E-state index contributed by atoms with van der Waals surface area (Å²) in [6.07, 6.45) is 0.303. The van der Waals surface area contributed by atoms with Crippen LogP contribution in [0.4, 0.5) is 0 Å². The fraction of sp³-hybridized carbons (Fsp3) is 0.333. The molecular formula is C9H12O2. The van der Waals surface area contributed by atoms with Gasteiger partial charge in [-0.3, -0.25) is 0 Å². The van der Waals surface area contributed by atoms with Gasteiger partial charge in [-0.1, -0.05) is 37.3 Å². The van der Waals surface area contributed by atoms with Crippen LogP contribution < -0.4 is 0 Å². The molecule has 2 N–H and O–H groups in total. The lowest BCUT2D eigenvalue weighted by Crippen LogP contribution is -2.23. The van der Waals surface area contributed by atoms with Gasteiger partial charge in [-0.25, -0.2) is 0 Å². The van der Waals surface area contributed by atoms with Gasteiger partial charge in [0.05, 0.1) is 0 Å². The zero-order chi connectivity index (χ0) is 8.32. The van der Waals surface area contributed by atoms with E-state index in [-0.39, 0.29) is 0 Å². The summed E-state index contributed by atoms with van der Waals surface area (Å²) in [5.41, 5.74) is 0.544. The minimum absolute atomic E-state index is 0.303. The van der Waals surface area contributed by atoms with E-state index in [1.807, 2.05) is 6.07 Å². The van der Waals surface area contributed by atoms with Crippen molar-refractivity contribution in [2.75, 3.05) is 0 Å². The van der Waals surface area contributed by atoms with Gasteiger partial charge < -0.3 is 10.2 Å². The Hall–Kier alpha value is -0.860. The minimum Gasteiger partial charge on any atom is -0.362 e. The van der Waals surface area contributed by atoms with Crippen molar-refractivity contribution in [2.45, 2.75) is 19.1 Å². The van der Waals surface area contributed by atoms with Gasteiger partial charge in [0.2, 0.25) is 0 Å². The average Bonchev–Trinajstić information content (AvgIpc) is 2.06. The molecule has 2 heteroatoms. The standard InChI is InChI=1S/C9H12O2/c1-2-9(10,11)8-6-4-3-5-7-8/h3-7,10-11H,2H2,1H3. The van der Waals surface area contributed by atoms with Crippen LogP contribution in [0.15, 0.2) is 30.3 Å². The van der Waals surface area contributed by atoms with E-state index in [0.29, 0.717) is 12.0 Å². The molecule has 1 aromatic carbocycles. The molecule has 60 valence electrons. The van der Waals surface area contributed by atoms with Gasteiger partial charge in [0.1, 0.15) is 0 Å². The zero-order valence-electron chi connectivity index (χ0n) is 6.49. The van der Waals surface area contributed by atoms with Crippen LogP contribution in [0.1, 0.15) is 18.9 Å². The summed E-state index contributed by atoms with van der Waals surface area (Å²) in [5, 5.41) is 18.7. The molecule has 0 radical (unpaired) electrons. The topological polar surface area (TPSA) is 40.5 Å². The van der Waals surface area contributed by atoms with E-state index in [1.54, 1.807) is 31.2 Å². The average molecular weight is 152 g/mol. The van der Waals surface area contributed by atoms with Crippen molar-refractivity contribution in [3.63, 3.8) is 0 Å². The molecule has 0 unspecified atom stereocenters. The largest absolute Gasteiger partial charge is 0.362 e. The Bertz CT molecular complexity index is 216. The molecule has 0 heterocycles. The highest BCUT2D eigenvalue weighted by atomic mass is 16.5. The molecule has 0 bridgehead atoms. The first-order valence-electron chi connectivity index (χ1n) is 3.67. The Labute approximate surface area is 66.1 Å². The second-order valence-corrected chi connectivity index (χ2v) is 2.54. The van der Waals surface area contributed by atoms with Crippen molar-refractivity contribution in [1.29, 1.82) is 0 Å². The van der Waals surface area contributed by atoms with Crippen LogP contribution in [0.3, 0.4) is 0 Å². The van der Waals surface area contributed by atoms with Crippen molar-refractivity contribution in [3.8, 4) is 0 Å². The molecule has 0 aromatic heterocycles. The van der Waals surface area contributed by atoms with Crippen molar-refractivity contribution < 1.29 is 10.2 Å². The molecule has 0 fully saturated rings. The van der Waals surface area contributed by atoms with Crippen LogP contribution in [-0.4, -0.2) is 10.2 Å². The lowest BCUT2D eigenvalue weighted by molar-refractivity contribution is -0.171. The van der Waals surface area contributed by atoms with Crippen LogP contribution in [0.2, 0.25) is 0 Å². The maximum Gasteiger partial charge on any atom is 0.189 e. The summed E-state index contributed by atoms with van der Waals surface area (Å²) < 4.78 is 0. The fourth-order valence-electron chi connectivity index (χ4n) is 0.909. The van der Waals surface area contributed by atoms with Crippen molar-refractivity contribution in [3.05, 3.63) is 35.9 Å². The van der Waals surface area contributed by atoms with Crippen molar-refractivity contribution >= 4 is 0 Å². The van der Waals surface area contributed by atoms with Crippen LogP contribution in [0, 0.1) is 0 Å². The van der Waals surface area contributed by atoms with E-state index < -0.39 is 5.79 Å². The van der Waals surface area contributed by atoms with E-state index >= 15 is 0 Å². The Kier molecular flexibility index (Phi) is 2.27. The van der Waals surface area contributed by atoms with Gasteiger partial charge in [0.15, 0.2) is 5.79 Å². The Morgan fingerprint density at radius 3 is 2.18 bits per heavy atom. The number of hydrogen-bond acceptors (Lipinski definition) is 2. The monoisotopic (exact) mass is 152 g/mol. The Morgan fingerprint density at radius 1 is 1.18 bits per heavy atom. The quantitative estimate of drug-likeness (QED) is 0.626. The van der Waals surface area contributed by atoms with E-state index in [2.05, 4.69) is 0 Å². The summed E-state index contributed by atoms with van der Waals surface area (Å²) in [6.45, 7) is 1.73. The molecule has 0 spiro atoms. The lowest BCUT2D eigenvalue weighted by atomic mass is 10.0. The van der Waals surface area contributed by atoms with Crippen molar-refractivity contribution in [2.24, 2.45) is 0 Å². The number of aliphatic hydroxyl groups is 2. The third kappa shape index (κ3) is 1.79. The molecule has 0 saturated carbocycles. The zero-order valence-corrected chi connectivity index (χ0v) is 6.49. The van der Waals surface area contributed by atoms with Gasteiger partial charge in [0.25, 0.3) is 0 Å². The number of benzene rings is 1. The van der Waals surface area contributed by atoms with E-state index in [4.69, 9.17) is 0 Å². The molecule has 0 atom stereocenters. The van der Waals surface area contributed by atoms with Gasteiger partial charge >= 0.3 is 0 Å². The Morgan fingerprint density at radius 2 is 1.73 bits per heavy atom. The van der Waals surface area contributed by atoms with E-state index in [0.717, 1.165) is 0 Å². The predicted octanol–water partition coefficient (Wildman–Crippen LogP) is 1.23. The van der Waals surface area contributed by atoms with Gasteiger partial charge in [0, 0.05) is 12.0 Å². The molecule has 0 saturated heterocycles. The second-order valence-electron chi connectivity index (χ2n) is 2.54. The number of hydrogen-bond donors (Lipinski definition) is 2. The maximum absolute atomic E-state index is 9.35. The fourth-order valence-corrected chi connectivity index (χ4v) is 0.909. The molecule has 0 aliphatic carbocycles. The van der Waals surface area contributed by atoms with Crippen LogP contribution in [-0.2, 0) is 5.79 Å². The molecule has 1 aromatic rings. The highest BCUT2D eigenvalue weighted by Crippen LogP contribution is 2.20. The summed E-state index contributed by atoms with van der Waals surface area (Å²) >= 11 is 0. The van der Waals surface area contributed by atoms with E-state index in [9.17, 15) is 10.2 Å². The smallest absolute Gasteiger partial charge is 0.189 e. The van der Waals surface area contributed by atoms with Gasteiger partial charge in [-0.2, -0.15) is 0 Å². The third-order valence-corrected chi connectivity index (χ3v) is 1.73. The number of rotatable bonds is 2. The molecular weight excluding hydrogens is 140 g/mol. The third-order valence-electron chi connectivity index (χ3n) is 1.73. The first-order chi connectivity index (χ1) is 5.17. The highest BCUT2D eigenvalue weighted by Gasteiger charge is 2.21. The minimum atomic E-state index is -1.67. The molecule has 1 rings (SSSR count). The first-order valence-corrected chi connectivity index (χ1v) is 3.67. The summed E-state index contributed by atoms with van der Waals surface area (Å²) in [6, 6.07) is 8.81. The Balaban J connectivity index is 2.93. The lowest BCUT2D eigenvalue weighted by Gasteiger charge is -2.19. The van der Waals surface area contributed by atoms with E-state index in [1.165, 1.54) is 0 Å². The van der Waals surface area contributed by atoms with Gasteiger partial charge in [-0.05, 0) is 0 Å². The highest BCUT2D eigenvalue weighted by molar-refractivity contribution is 5.19. The SMILES string of the molecule is CCC(O)(O)c1ccccc1. The van der Waals surface area contributed by atoms with Crippen LogP contribution >= 0.6 is 0 Å². The maximum atomic E-state index is 9.35. The summed E-state index contributed by atoms with van der Waals surface area (Å²) in [4.78, 5) is 0. The molecule has 2 nitrogen and oxygen atoms in total. The molecule has 0 amide bonds. The summed E-state index contributed by atoms with van der Waals surface area (Å²) in [7, 11) is 0. The van der Waals surface area contributed by atoms with Crippen molar-refractivity contribution in [1.82, 2.24) is 0 Å².